The summed E-state index contributed by atoms with van der Waals surface area (Å²) in [5.74, 6) is 1.09. The van der Waals surface area contributed by atoms with E-state index in [1.165, 1.54) is 5.56 Å². The molecule has 0 radical (unpaired) electrons. The second-order valence-corrected chi connectivity index (χ2v) is 6.60. The monoisotopic (exact) mass is 252 g/mol. The standard InChI is InChI=1S/C17H20N2/c1-4-15(2)16(3)13-10-11-14(13)17(15,19-18-16)12-8-6-5-7-9-12/h5-11,13-14H,4H2,1-3H3/t13-,14+,15+,16-,17-/m0/s1. The number of hydrogen-bond donors (Lipinski definition) is 0. The van der Waals surface area contributed by atoms with Crippen molar-refractivity contribution in [1.29, 1.82) is 0 Å². The Hall–Kier alpha value is -1.44. The molecule has 1 fully saturated rings. The van der Waals surface area contributed by atoms with Crippen LogP contribution in [0.25, 0.3) is 0 Å². The highest BCUT2D eigenvalue weighted by molar-refractivity contribution is 5.45. The average molecular weight is 252 g/mol. The molecule has 0 unspecified atom stereocenters. The van der Waals surface area contributed by atoms with Crippen LogP contribution in [0.3, 0.4) is 0 Å². The van der Waals surface area contributed by atoms with Gasteiger partial charge in [0.2, 0.25) is 0 Å². The third kappa shape index (κ3) is 0.926. The lowest BCUT2D eigenvalue weighted by Crippen LogP contribution is -2.45. The van der Waals surface area contributed by atoms with Gasteiger partial charge in [-0.3, -0.25) is 0 Å². The zero-order valence-corrected chi connectivity index (χ0v) is 11.8. The van der Waals surface area contributed by atoms with Gasteiger partial charge in [-0.15, -0.1) is 0 Å². The lowest BCUT2D eigenvalue weighted by molar-refractivity contribution is 0.138. The minimum absolute atomic E-state index is 0.0307. The molecule has 0 N–H and O–H groups in total. The quantitative estimate of drug-likeness (QED) is 0.700. The van der Waals surface area contributed by atoms with Crippen LogP contribution in [0.5, 0.6) is 0 Å². The molecule has 0 saturated heterocycles. The van der Waals surface area contributed by atoms with Crippen LogP contribution in [0.1, 0.15) is 32.8 Å². The first kappa shape index (κ1) is 11.4. The van der Waals surface area contributed by atoms with E-state index in [4.69, 9.17) is 10.2 Å². The summed E-state index contributed by atoms with van der Waals surface area (Å²) < 4.78 is 0. The van der Waals surface area contributed by atoms with E-state index in [0.29, 0.717) is 11.8 Å². The van der Waals surface area contributed by atoms with Crippen LogP contribution in [0, 0.1) is 17.3 Å². The maximum Gasteiger partial charge on any atom is 0.121 e. The second-order valence-electron chi connectivity index (χ2n) is 6.60. The molecular weight excluding hydrogens is 232 g/mol. The normalized spacial score (nSPS) is 49.2. The first-order chi connectivity index (χ1) is 9.10. The molecule has 1 aromatic rings. The second kappa shape index (κ2) is 3.17. The zero-order chi connectivity index (χ0) is 13.3. The molecule has 98 valence electrons. The summed E-state index contributed by atoms with van der Waals surface area (Å²) in [6, 6.07) is 10.8. The van der Waals surface area contributed by atoms with Gasteiger partial charge in [0, 0.05) is 17.3 Å². The molecular formula is C17H20N2. The molecule has 3 aliphatic rings. The average Bonchev–Trinajstić information content (AvgIpc) is 2.67. The van der Waals surface area contributed by atoms with Crippen molar-refractivity contribution in [2.75, 3.05) is 0 Å². The zero-order valence-electron chi connectivity index (χ0n) is 11.8. The van der Waals surface area contributed by atoms with Gasteiger partial charge in [0.15, 0.2) is 0 Å². The Kier molecular flexibility index (Phi) is 1.90. The van der Waals surface area contributed by atoms with Crippen molar-refractivity contribution in [3.05, 3.63) is 48.0 Å². The summed E-state index contributed by atoms with van der Waals surface area (Å²) in [6.45, 7) is 6.98. The largest absolute Gasteiger partial charge is 0.185 e. The molecule has 1 aliphatic heterocycles. The van der Waals surface area contributed by atoms with E-state index in [1.807, 2.05) is 0 Å². The summed E-state index contributed by atoms with van der Waals surface area (Å²) in [4.78, 5) is 0. The van der Waals surface area contributed by atoms with Crippen molar-refractivity contribution in [3.8, 4) is 0 Å². The predicted octanol–water partition coefficient (Wildman–Crippen LogP) is 4.34. The lowest BCUT2D eigenvalue weighted by atomic mass is 9.62. The van der Waals surface area contributed by atoms with E-state index in [-0.39, 0.29) is 16.5 Å². The minimum atomic E-state index is -0.142. The number of benzene rings is 1. The van der Waals surface area contributed by atoms with Gasteiger partial charge in [0.25, 0.3) is 0 Å². The molecule has 1 aromatic carbocycles. The van der Waals surface area contributed by atoms with Crippen LogP contribution in [0.4, 0.5) is 0 Å². The van der Waals surface area contributed by atoms with Gasteiger partial charge >= 0.3 is 0 Å². The summed E-state index contributed by atoms with van der Waals surface area (Å²) in [5.41, 5.74) is 1.28. The van der Waals surface area contributed by atoms with Crippen molar-refractivity contribution in [1.82, 2.24) is 0 Å². The highest BCUT2D eigenvalue weighted by Crippen LogP contribution is 2.74. The Morgan fingerprint density at radius 3 is 2.26 bits per heavy atom. The first-order valence-electron chi connectivity index (χ1n) is 7.28. The molecule has 1 heterocycles. The Morgan fingerprint density at radius 2 is 1.68 bits per heavy atom. The van der Waals surface area contributed by atoms with Crippen LogP contribution < -0.4 is 0 Å². The summed E-state index contributed by atoms with van der Waals surface area (Å²) in [7, 11) is 0. The SMILES string of the molecule is CC[C@]1(C)[C@@]2(C)N=N[C@@]1(c1ccccc1)[C@@H]1C=C[C@@H]12. The Morgan fingerprint density at radius 1 is 1.00 bits per heavy atom. The lowest BCUT2D eigenvalue weighted by Gasteiger charge is -2.41. The number of azo groups is 1. The van der Waals surface area contributed by atoms with Gasteiger partial charge in [-0.05, 0) is 18.9 Å². The molecule has 2 nitrogen and oxygen atoms in total. The van der Waals surface area contributed by atoms with Crippen molar-refractivity contribution < 1.29 is 0 Å². The van der Waals surface area contributed by atoms with Gasteiger partial charge in [-0.1, -0.05) is 56.3 Å². The van der Waals surface area contributed by atoms with Crippen molar-refractivity contribution in [2.45, 2.75) is 38.3 Å². The fourth-order valence-corrected chi connectivity index (χ4v) is 4.82. The summed E-state index contributed by atoms with van der Waals surface area (Å²) in [5, 5.41) is 9.62. The van der Waals surface area contributed by atoms with Gasteiger partial charge in [0.05, 0.1) is 5.54 Å². The molecule has 0 aromatic heterocycles. The molecule has 4 rings (SSSR count). The number of rotatable bonds is 2. The van der Waals surface area contributed by atoms with Crippen molar-refractivity contribution in [2.24, 2.45) is 27.5 Å². The third-order valence-electron chi connectivity index (χ3n) is 6.34. The Labute approximate surface area is 114 Å². The van der Waals surface area contributed by atoms with Crippen LogP contribution >= 0.6 is 0 Å². The van der Waals surface area contributed by atoms with Crippen LogP contribution in [0.2, 0.25) is 0 Å². The first-order valence-corrected chi connectivity index (χ1v) is 7.28. The van der Waals surface area contributed by atoms with Crippen molar-refractivity contribution >= 4 is 0 Å². The van der Waals surface area contributed by atoms with Gasteiger partial charge in [0.1, 0.15) is 5.54 Å². The van der Waals surface area contributed by atoms with E-state index in [2.05, 4.69) is 63.3 Å². The number of nitrogens with zero attached hydrogens (tertiary/aromatic N) is 2. The van der Waals surface area contributed by atoms with E-state index in [0.717, 1.165) is 6.42 Å². The van der Waals surface area contributed by atoms with E-state index < -0.39 is 0 Å². The highest BCUT2D eigenvalue weighted by Gasteiger charge is 2.77. The van der Waals surface area contributed by atoms with E-state index in [1.54, 1.807) is 0 Å². The third-order valence-corrected chi connectivity index (χ3v) is 6.34. The van der Waals surface area contributed by atoms with E-state index in [9.17, 15) is 0 Å². The van der Waals surface area contributed by atoms with E-state index >= 15 is 0 Å². The number of hydrogen-bond acceptors (Lipinski definition) is 2. The molecule has 1 saturated carbocycles. The molecule has 5 atom stereocenters. The summed E-state index contributed by atoms with van der Waals surface area (Å²) >= 11 is 0. The highest BCUT2D eigenvalue weighted by atomic mass is 15.3. The molecule has 2 aliphatic carbocycles. The predicted molar refractivity (Wildman–Crippen MR) is 75.9 cm³/mol. The van der Waals surface area contributed by atoms with Gasteiger partial charge in [-0.25, -0.2) is 0 Å². The molecule has 2 bridgehead atoms. The molecule has 0 amide bonds. The molecule has 19 heavy (non-hydrogen) atoms. The minimum Gasteiger partial charge on any atom is -0.185 e. The fourth-order valence-electron chi connectivity index (χ4n) is 4.82. The number of fused-ring (bicyclic) bond motifs is 5. The van der Waals surface area contributed by atoms with Crippen LogP contribution in [-0.4, -0.2) is 5.54 Å². The molecule has 0 spiro atoms. The smallest absolute Gasteiger partial charge is 0.121 e. The maximum absolute atomic E-state index is 4.86. The Balaban J connectivity index is 2.00. The fraction of sp³-hybridized carbons (Fsp3) is 0.529. The maximum atomic E-state index is 4.86. The van der Waals surface area contributed by atoms with Crippen LogP contribution in [0.15, 0.2) is 52.7 Å². The summed E-state index contributed by atoms with van der Waals surface area (Å²) in [6.07, 6.45) is 5.82. The molecule has 2 heteroatoms. The Bertz CT molecular complexity index is 591. The topological polar surface area (TPSA) is 24.7 Å². The van der Waals surface area contributed by atoms with Crippen molar-refractivity contribution in [3.63, 3.8) is 0 Å². The van der Waals surface area contributed by atoms with Gasteiger partial charge in [-0.2, -0.15) is 10.2 Å². The van der Waals surface area contributed by atoms with Crippen LogP contribution in [-0.2, 0) is 5.54 Å². The van der Waals surface area contributed by atoms with Gasteiger partial charge < -0.3 is 0 Å².